The summed E-state index contributed by atoms with van der Waals surface area (Å²) in [5, 5.41) is 9.47. The topological polar surface area (TPSA) is 38.0 Å². The van der Waals surface area contributed by atoms with E-state index in [2.05, 4.69) is 28.6 Å². The highest BCUT2D eigenvalue weighted by molar-refractivity contribution is 7.98. The predicted molar refractivity (Wildman–Crippen MR) is 79.2 cm³/mol. The van der Waals surface area contributed by atoms with Gasteiger partial charge in [-0.25, -0.2) is 4.98 Å². The van der Waals surface area contributed by atoms with E-state index in [1.807, 2.05) is 24.7 Å². The molecule has 2 aromatic rings. The van der Waals surface area contributed by atoms with E-state index in [4.69, 9.17) is 0 Å². The minimum absolute atomic E-state index is 0.398. The lowest BCUT2D eigenvalue weighted by Crippen LogP contribution is -1.99. The van der Waals surface area contributed by atoms with Gasteiger partial charge in [-0.1, -0.05) is 19.1 Å². The normalized spacial score (nSPS) is 12.6. The lowest BCUT2D eigenvalue weighted by Gasteiger charge is -2.08. The third kappa shape index (κ3) is 3.85. The maximum atomic E-state index is 9.47. The van der Waals surface area contributed by atoms with Crippen LogP contribution in [0.4, 0.5) is 0 Å². The zero-order chi connectivity index (χ0) is 13.7. The molecule has 1 heterocycles. The van der Waals surface area contributed by atoms with E-state index in [9.17, 15) is 5.11 Å². The molecule has 1 aromatic carbocycles. The second-order valence-electron chi connectivity index (χ2n) is 4.61. The van der Waals surface area contributed by atoms with Gasteiger partial charge in [-0.2, -0.15) is 0 Å². The van der Waals surface area contributed by atoms with E-state index < -0.39 is 6.10 Å². The Morgan fingerprint density at radius 3 is 2.68 bits per heavy atom. The fourth-order valence-corrected chi connectivity index (χ4v) is 2.79. The zero-order valence-electron chi connectivity index (χ0n) is 11.4. The van der Waals surface area contributed by atoms with Crippen LogP contribution in [0.1, 0.15) is 37.6 Å². The molecule has 19 heavy (non-hydrogen) atoms. The molecule has 0 aliphatic rings. The van der Waals surface area contributed by atoms with Gasteiger partial charge in [0.15, 0.2) is 0 Å². The SMILES string of the molecule is CCCn1cncc1CSc1ccc(C(C)O)cc1. The second-order valence-corrected chi connectivity index (χ2v) is 5.66. The first-order chi connectivity index (χ1) is 9.20. The van der Waals surface area contributed by atoms with Crippen LogP contribution < -0.4 is 0 Å². The number of hydrogen-bond donors (Lipinski definition) is 1. The summed E-state index contributed by atoms with van der Waals surface area (Å²) in [5.74, 6) is 0.925. The van der Waals surface area contributed by atoms with Crippen LogP contribution in [0.2, 0.25) is 0 Å². The number of thioether (sulfide) groups is 1. The number of aryl methyl sites for hydroxylation is 1. The molecule has 0 aliphatic carbocycles. The summed E-state index contributed by atoms with van der Waals surface area (Å²) in [6, 6.07) is 8.09. The monoisotopic (exact) mass is 276 g/mol. The lowest BCUT2D eigenvalue weighted by molar-refractivity contribution is 0.199. The third-order valence-electron chi connectivity index (χ3n) is 3.01. The number of benzene rings is 1. The zero-order valence-corrected chi connectivity index (χ0v) is 12.2. The average Bonchev–Trinajstić information content (AvgIpc) is 2.85. The van der Waals surface area contributed by atoms with Gasteiger partial charge in [0.2, 0.25) is 0 Å². The second kappa shape index (κ2) is 6.78. The van der Waals surface area contributed by atoms with Crippen molar-refractivity contribution in [1.29, 1.82) is 0 Å². The molecule has 102 valence electrons. The molecular formula is C15H20N2OS. The van der Waals surface area contributed by atoms with Crippen molar-refractivity contribution in [2.24, 2.45) is 0 Å². The maximum absolute atomic E-state index is 9.47. The number of aliphatic hydroxyl groups excluding tert-OH is 1. The van der Waals surface area contributed by atoms with Gasteiger partial charge in [0.1, 0.15) is 0 Å². The fourth-order valence-electron chi connectivity index (χ4n) is 1.91. The largest absolute Gasteiger partial charge is 0.389 e. The summed E-state index contributed by atoms with van der Waals surface area (Å²) in [4.78, 5) is 5.42. The molecule has 0 spiro atoms. The highest BCUT2D eigenvalue weighted by Crippen LogP contribution is 2.24. The van der Waals surface area contributed by atoms with Crippen molar-refractivity contribution in [1.82, 2.24) is 9.55 Å². The number of imidazole rings is 1. The van der Waals surface area contributed by atoms with Crippen molar-refractivity contribution in [2.75, 3.05) is 0 Å². The molecule has 2 rings (SSSR count). The standard InChI is InChI=1S/C15H20N2OS/c1-3-8-17-11-16-9-14(17)10-19-15-6-4-13(5-7-15)12(2)18/h4-7,9,11-12,18H,3,8,10H2,1-2H3. The Kier molecular flexibility index (Phi) is 5.05. The molecule has 4 heteroatoms. The number of aromatic nitrogens is 2. The molecule has 0 fully saturated rings. The van der Waals surface area contributed by atoms with E-state index in [1.54, 1.807) is 18.7 Å². The number of rotatable bonds is 6. The van der Waals surface area contributed by atoms with Crippen molar-refractivity contribution >= 4 is 11.8 Å². The first kappa shape index (κ1) is 14.2. The van der Waals surface area contributed by atoms with Crippen molar-refractivity contribution in [2.45, 2.75) is 43.6 Å². The fraction of sp³-hybridized carbons (Fsp3) is 0.400. The Bertz CT molecular complexity index is 505. The van der Waals surface area contributed by atoms with Gasteiger partial charge in [0.25, 0.3) is 0 Å². The molecule has 1 N–H and O–H groups in total. The van der Waals surface area contributed by atoms with E-state index in [-0.39, 0.29) is 0 Å². The van der Waals surface area contributed by atoms with Gasteiger partial charge in [0.05, 0.1) is 12.4 Å². The predicted octanol–water partition coefficient (Wildman–Crippen LogP) is 3.64. The summed E-state index contributed by atoms with van der Waals surface area (Å²) in [7, 11) is 0. The third-order valence-corrected chi connectivity index (χ3v) is 4.06. The molecule has 1 aromatic heterocycles. The van der Waals surface area contributed by atoms with Crippen LogP contribution in [0.15, 0.2) is 41.7 Å². The summed E-state index contributed by atoms with van der Waals surface area (Å²) in [6.07, 6.45) is 4.56. The molecule has 0 bridgehead atoms. The molecule has 0 amide bonds. The lowest BCUT2D eigenvalue weighted by atomic mass is 10.1. The first-order valence-corrected chi connectivity index (χ1v) is 7.59. The molecule has 1 unspecified atom stereocenters. The summed E-state index contributed by atoms with van der Waals surface area (Å²) in [5.41, 5.74) is 2.21. The van der Waals surface area contributed by atoms with Crippen LogP contribution in [0.5, 0.6) is 0 Å². The van der Waals surface area contributed by atoms with Crippen molar-refractivity contribution in [3.8, 4) is 0 Å². The van der Waals surface area contributed by atoms with Crippen LogP contribution in [0.3, 0.4) is 0 Å². The molecule has 0 aliphatic heterocycles. The summed E-state index contributed by atoms with van der Waals surface area (Å²) >= 11 is 1.80. The minimum atomic E-state index is -0.398. The van der Waals surface area contributed by atoms with Crippen molar-refractivity contribution in [3.05, 3.63) is 48.0 Å². The summed E-state index contributed by atoms with van der Waals surface area (Å²) < 4.78 is 2.21. The van der Waals surface area contributed by atoms with Crippen LogP contribution >= 0.6 is 11.8 Å². The van der Waals surface area contributed by atoms with E-state index in [1.165, 1.54) is 10.6 Å². The highest BCUT2D eigenvalue weighted by atomic mass is 32.2. The van der Waals surface area contributed by atoms with E-state index >= 15 is 0 Å². The van der Waals surface area contributed by atoms with Crippen LogP contribution in [0, 0.1) is 0 Å². The van der Waals surface area contributed by atoms with Crippen molar-refractivity contribution < 1.29 is 5.11 Å². The maximum Gasteiger partial charge on any atom is 0.0948 e. The average molecular weight is 276 g/mol. The Balaban J connectivity index is 1.96. The van der Waals surface area contributed by atoms with E-state index in [0.717, 1.165) is 24.3 Å². The Morgan fingerprint density at radius 1 is 1.32 bits per heavy atom. The van der Waals surface area contributed by atoms with Gasteiger partial charge >= 0.3 is 0 Å². The van der Waals surface area contributed by atoms with Gasteiger partial charge in [-0.05, 0) is 31.0 Å². The van der Waals surface area contributed by atoms with Gasteiger partial charge in [0, 0.05) is 29.1 Å². The molecule has 1 atom stereocenters. The Morgan fingerprint density at radius 2 is 2.05 bits per heavy atom. The first-order valence-electron chi connectivity index (χ1n) is 6.60. The van der Waals surface area contributed by atoms with Crippen molar-refractivity contribution in [3.63, 3.8) is 0 Å². The van der Waals surface area contributed by atoms with Crippen LogP contribution in [0.25, 0.3) is 0 Å². The minimum Gasteiger partial charge on any atom is -0.389 e. The molecule has 0 saturated heterocycles. The Labute approximate surface area is 118 Å². The molecule has 3 nitrogen and oxygen atoms in total. The smallest absolute Gasteiger partial charge is 0.0948 e. The van der Waals surface area contributed by atoms with Crippen LogP contribution in [-0.4, -0.2) is 14.7 Å². The quantitative estimate of drug-likeness (QED) is 0.819. The highest BCUT2D eigenvalue weighted by Gasteiger charge is 2.04. The number of nitrogens with zero attached hydrogens (tertiary/aromatic N) is 2. The molecule has 0 saturated carbocycles. The number of aliphatic hydroxyl groups is 1. The van der Waals surface area contributed by atoms with Gasteiger partial charge < -0.3 is 9.67 Å². The molecular weight excluding hydrogens is 256 g/mol. The molecule has 0 radical (unpaired) electrons. The summed E-state index contributed by atoms with van der Waals surface area (Å²) in [6.45, 7) is 4.98. The van der Waals surface area contributed by atoms with Gasteiger partial charge in [-0.3, -0.25) is 0 Å². The van der Waals surface area contributed by atoms with E-state index in [0.29, 0.717) is 0 Å². The number of hydrogen-bond acceptors (Lipinski definition) is 3. The Hall–Kier alpha value is -1.26. The van der Waals surface area contributed by atoms with Gasteiger partial charge in [-0.15, -0.1) is 11.8 Å². The van der Waals surface area contributed by atoms with Crippen LogP contribution in [-0.2, 0) is 12.3 Å².